The Morgan fingerprint density at radius 2 is 1.74 bits per heavy atom. The summed E-state index contributed by atoms with van der Waals surface area (Å²) in [5, 5.41) is 31.7. The number of aliphatic carboxylic acids is 2. The Morgan fingerprint density at radius 3 is 2.40 bits per heavy atom. The second-order valence-electron chi connectivity index (χ2n) is 12.8. The predicted molar refractivity (Wildman–Crippen MR) is 144 cm³/mol. The Morgan fingerprint density at radius 1 is 1.02 bits per heavy atom. The number of nitrogens with one attached hydrogen (secondary N) is 1. The number of fused-ring (bicyclic) bond motifs is 5. The maximum absolute atomic E-state index is 13.7. The number of hydrogen-bond donors (Lipinski definition) is 4. The van der Waals surface area contributed by atoms with Crippen LogP contribution in [0, 0.1) is 28.6 Å². The monoisotopic (exact) mass is 589 g/mol. The number of carboxylic acids is 2. The molecule has 12 nitrogen and oxygen atoms in total. The molecule has 3 fully saturated rings. The molecule has 0 bridgehead atoms. The van der Waals surface area contributed by atoms with Gasteiger partial charge >= 0.3 is 17.9 Å². The summed E-state index contributed by atoms with van der Waals surface area (Å²) in [6.45, 7) is 3.10. The molecule has 0 radical (unpaired) electrons. The number of carboxylic acid groups (broad SMARTS) is 2. The molecule has 0 aromatic rings. The van der Waals surface area contributed by atoms with Crippen LogP contribution in [-0.2, 0) is 38.3 Å². The molecule has 4 aliphatic rings. The summed E-state index contributed by atoms with van der Waals surface area (Å²) in [5.74, 6) is -5.33. The van der Waals surface area contributed by atoms with Crippen LogP contribution >= 0.6 is 0 Å². The standard InChI is InChI=1S/C30H39NO11/c1-28-11-9-17(32)13-16(28)3-4-18-19-10-12-30(41,29(19,2)14-21(33)26(18)28)22(34)15-42-25(38)8-6-23(35)31-20(27(39)40)5-7-24(36)37/h13,18-20,26,41H,3-12,14-15H2,1-2H3,(H,31,35)(H,36,37)(H,39,40)/t18-,19+,20-,26+,28+,29+,30+/m1/s1. The molecular weight excluding hydrogens is 550 g/mol. The Labute approximate surface area is 243 Å². The third-order valence-corrected chi connectivity index (χ3v) is 10.5. The van der Waals surface area contributed by atoms with Crippen molar-refractivity contribution < 1.29 is 53.6 Å². The number of Topliss-reactive ketones (excluding diaryl/α,β-unsaturated/α-hetero) is 2. The van der Waals surface area contributed by atoms with Gasteiger partial charge in [0.25, 0.3) is 0 Å². The molecule has 0 unspecified atom stereocenters. The van der Waals surface area contributed by atoms with Crippen LogP contribution < -0.4 is 5.32 Å². The lowest BCUT2D eigenvalue weighted by Crippen LogP contribution is -2.61. The van der Waals surface area contributed by atoms with Gasteiger partial charge in [-0.3, -0.25) is 28.8 Å². The highest BCUT2D eigenvalue weighted by Crippen LogP contribution is 2.66. The molecule has 42 heavy (non-hydrogen) atoms. The summed E-state index contributed by atoms with van der Waals surface area (Å²) in [7, 11) is 0. The van der Waals surface area contributed by atoms with Crippen molar-refractivity contribution in [2.45, 2.75) is 96.1 Å². The fourth-order valence-electron chi connectivity index (χ4n) is 8.19. The molecule has 0 saturated heterocycles. The van der Waals surface area contributed by atoms with E-state index in [2.05, 4.69) is 12.2 Å². The summed E-state index contributed by atoms with van der Waals surface area (Å²) in [5.41, 5.74) is -2.27. The van der Waals surface area contributed by atoms with E-state index in [4.69, 9.17) is 14.9 Å². The minimum absolute atomic E-state index is 0.0125. The van der Waals surface area contributed by atoms with Gasteiger partial charge in [0.05, 0.1) is 6.42 Å². The van der Waals surface area contributed by atoms with Crippen molar-refractivity contribution in [3.05, 3.63) is 11.6 Å². The SMILES string of the molecule is C[C@]12CCC(=O)C=C1CC[C@H]1[C@H]2C(=O)C[C@@]2(C)[C@H]1CC[C@]2(O)C(=O)COC(=O)CCC(=O)N[C@H](CCC(=O)O)C(=O)O. The third kappa shape index (κ3) is 5.65. The summed E-state index contributed by atoms with van der Waals surface area (Å²) in [4.78, 5) is 85.4. The molecule has 4 aliphatic carbocycles. The van der Waals surface area contributed by atoms with Gasteiger partial charge < -0.3 is 25.4 Å². The number of aliphatic hydroxyl groups is 1. The number of hydrogen-bond acceptors (Lipinski definition) is 9. The van der Waals surface area contributed by atoms with Crippen LogP contribution in [-0.4, -0.2) is 74.7 Å². The molecule has 7 atom stereocenters. The second kappa shape index (κ2) is 11.7. The largest absolute Gasteiger partial charge is 0.481 e. The normalized spacial score (nSPS) is 34.3. The minimum atomic E-state index is -1.87. The number of ether oxygens (including phenoxy) is 1. The number of carbonyl (C=O) groups excluding carboxylic acids is 5. The lowest BCUT2D eigenvalue weighted by atomic mass is 9.46. The number of esters is 1. The zero-order valence-corrected chi connectivity index (χ0v) is 24.0. The van der Waals surface area contributed by atoms with Gasteiger partial charge in [0.1, 0.15) is 17.4 Å². The summed E-state index contributed by atoms with van der Waals surface area (Å²) >= 11 is 0. The highest BCUT2D eigenvalue weighted by Gasteiger charge is 2.68. The molecular formula is C30H39NO11. The van der Waals surface area contributed by atoms with Gasteiger partial charge in [-0.25, -0.2) is 4.79 Å². The van der Waals surface area contributed by atoms with E-state index < -0.39 is 77.9 Å². The zero-order chi connectivity index (χ0) is 31.0. The zero-order valence-electron chi connectivity index (χ0n) is 24.0. The van der Waals surface area contributed by atoms with Gasteiger partial charge in [-0.2, -0.15) is 0 Å². The van der Waals surface area contributed by atoms with Crippen LogP contribution in [0.5, 0.6) is 0 Å². The molecule has 0 aliphatic heterocycles. The average molecular weight is 590 g/mol. The first-order chi connectivity index (χ1) is 19.6. The van der Waals surface area contributed by atoms with Gasteiger partial charge in [-0.1, -0.05) is 19.4 Å². The number of rotatable bonds is 11. The van der Waals surface area contributed by atoms with E-state index in [1.165, 1.54) is 0 Å². The first kappa shape index (κ1) is 31.5. The Bertz CT molecular complexity index is 1240. The van der Waals surface area contributed by atoms with Crippen molar-refractivity contribution in [1.82, 2.24) is 5.32 Å². The van der Waals surface area contributed by atoms with Crippen molar-refractivity contribution >= 4 is 41.2 Å². The van der Waals surface area contributed by atoms with Crippen molar-refractivity contribution in [3.8, 4) is 0 Å². The van der Waals surface area contributed by atoms with E-state index in [0.29, 0.717) is 32.1 Å². The molecule has 1 amide bonds. The smallest absolute Gasteiger partial charge is 0.326 e. The van der Waals surface area contributed by atoms with Gasteiger partial charge in [-0.15, -0.1) is 0 Å². The first-order valence-electron chi connectivity index (χ1n) is 14.5. The molecule has 12 heteroatoms. The van der Waals surface area contributed by atoms with Crippen LogP contribution in [0.3, 0.4) is 0 Å². The maximum atomic E-state index is 13.7. The maximum Gasteiger partial charge on any atom is 0.326 e. The Hall–Kier alpha value is -3.41. The second-order valence-corrected chi connectivity index (χ2v) is 12.8. The van der Waals surface area contributed by atoms with Crippen molar-refractivity contribution in [3.63, 3.8) is 0 Å². The molecule has 0 aromatic carbocycles. The molecule has 0 heterocycles. The van der Waals surface area contributed by atoms with Crippen LogP contribution in [0.4, 0.5) is 0 Å². The summed E-state index contributed by atoms with van der Waals surface area (Å²) in [6, 6.07) is -1.43. The predicted octanol–water partition coefficient (Wildman–Crippen LogP) is 1.76. The lowest BCUT2D eigenvalue weighted by Gasteiger charge is -2.57. The van der Waals surface area contributed by atoms with Crippen LogP contribution in [0.1, 0.15) is 84.5 Å². The van der Waals surface area contributed by atoms with E-state index in [0.717, 1.165) is 5.57 Å². The fourth-order valence-corrected chi connectivity index (χ4v) is 8.19. The molecule has 0 spiro atoms. The van der Waals surface area contributed by atoms with Crippen molar-refractivity contribution in [2.75, 3.05) is 6.61 Å². The number of amides is 1. The van der Waals surface area contributed by atoms with Gasteiger partial charge in [0, 0.05) is 37.0 Å². The summed E-state index contributed by atoms with van der Waals surface area (Å²) < 4.78 is 5.07. The summed E-state index contributed by atoms with van der Waals surface area (Å²) in [6.07, 6.45) is 3.13. The molecule has 4 rings (SSSR count). The number of carbonyl (C=O) groups is 7. The van der Waals surface area contributed by atoms with Gasteiger partial charge in [0.2, 0.25) is 11.7 Å². The minimum Gasteiger partial charge on any atom is -0.481 e. The van der Waals surface area contributed by atoms with Crippen molar-refractivity contribution in [2.24, 2.45) is 28.6 Å². The fraction of sp³-hybridized carbons (Fsp3) is 0.700. The average Bonchev–Trinajstić information content (AvgIpc) is 3.19. The van der Waals surface area contributed by atoms with Crippen LogP contribution in [0.2, 0.25) is 0 Å². The quantitative estimate of drug-likeness (QED) is 0.256. The van der Waals surface area contributed by atoms with Crippen LogP contribution in [0.15, 0.2) is 11.6 Å². The van der Waals surface area contributed by atoms with E-state index in [9.17, 15) is 38.7 Å². The van der Waals surface area contributed by atoms with Gasteiger partial charge in [-0.05, 0) is 61.9 Å². The first-order valence-corrected chi connectivity index (χ1v) is 14.5. The highest BCUT2D eigenvalue weighted by molar-refractivity contribution is 5.95. The number of ketones is 3. The lowest BCUT2D eigenvalue weighted by molar-refractivity contribution is -0.174. The van der Waals surface area contributed by atoms with E-state index >= 15 is 0 Å². The topological polar surface area (TPSA) is 201 Å². The Kier molecular flexibility index (Phi) is 8.78. The Balaban J connectivity index is 1.35. The van der Waals surface area contributed by atoms with E-state index in [1.54, 1.807) is 13.0 Å². The number of allylic oxidation sites excluding steroid dienone is 1. The van der Waals surface area contributed by atoms with Crippen LogP contribution in [0.25, 0.3) is 0 Å². The molecule has 0 aromatic heterocycles. The molecule has 4 N–H and O–H groups in total. The third-order valence-electron chi connectivity index (χ3n) is 10.5. The van der Waals surface area contributed by atoms with Gasteiger partial charge in [0.15, 0.2) is 12.4 Å². The molecule has 230 valence electrons. The van der Waals surface area contributed by atoms with Crippen molar-refractivity contribution in [1.29, 1.82) is 0 Å². The highest BCUT2D eigenvalue weighted by atomic mass is 16.5. The molecule has 3 saturated carbocycles. The van der Waals surface area contributed by atoms with E-state index in [1.807, 2.05) is 0 Å². The van der Waals surface area contributed by atoms with E-state index in [-0.39, 0.29) is 48.6 Å².